The van der Waals surface area contributed by atoms with Crippen LogP contribution in [0, 0.1) is 0 Å². The van der Waals surface area contributed by atoms with E-state index in [-0.39, 0.29) is 12.0 Å². The third-order valence-corrected chi connectivity index (χ3v) is 2.25. The molecule has 0 N–H and O–H groups in total. The highest BCUT2D eigenvalue weighted by atomic mass is 16.5. The number of esters is 1. The minimum Gasteiger partial charge on any atom is -0.466 e. The fourth-order valence-electron chi connectivity index (χ4n) is 1.53. The average molecular weight is 181 g/mol. The minimum atomic E-state index is -0.258. The van der Waals surface area contributed by atoms with E-state index < -0.39 is 0 Å². The van der Waals surface area contributed by atoms with Crippen LogP contribution >= 0.6 is 0 Å². The van der Waals surface area contributed by atoms with Gasteiger partial charge in [0.2, 0.25) is 0 Å². The van der Waals surface area contributed by atoms with Crippen molar-refractivity contribution < 1.29 is 9.53 Å². The zero-order chi connectivity index (χ0) is 9.84. The summed E-state index contributed by atoms with van der Waals surface area (Å²) in [6.45, 7) is 3.83. The van der Waals surface area contributed by atoms with Gasteiger partial charge >= 0.3 is 5.97 Å². The molecule has 1 rings (SSSR count). The zero-order valence-electron chi connectivity index (χ0n) is 8.33. The quantitative estimate of drug-likeness (QED) is 0.480. The highest BCUT2D eigenvalue weighted by molar-refractivity contribution is 5.92. The lowest BCUT2D eigenvalue weighted by Gasteiger charge is -2.08. The number of carbonyl (C=O) groups is 1. The second kappa shape index (κ2) is 4.21. The number of allylic oxidation sites excluding steroid dienone is 1. The van der Waals surface area contributed by atoms with E-state index in [0.717, 1.165) is 18.6 Å². The fourth-order valence-corrected chi connectivity index (χ4v) is 1.53. The van der Waals surface area contributed by atoms with Gasteiger partial charge in [0.15, 0.2) is 0 Å². The van der Waals surface area contributed by atoms with E-state index in [9.17, 15) is 4.79 Å². The number of carbonyl (C=O) groups excluding carboxylic acids is 1. The molecule has 0 spiro atoms. The zero-order valence-corrected chi connectivity index (χ0v) is 8.33. The van der Waals surface area contributed by atoms with Crippen molar-refractivity contribution in [1.29, 1.82) is 0 Å². The maximum Gasteiger partial charge on any atom is 0.335 e. The molecule has 0 saturated carbocycles. The lowest BCUT2D eigenvalue weighted by Crippen LogP contribution is -2.15. The first-order valence-electron chi connectivity index (χ1n) is 4.46. The Morgan fingerprint density at radius 2 is 2.38 bits per heavy atom. The standard InChI is InChI=1S/C10H15NO2/c1-4-8(10(12)13-3)9-6-5-7(2)11-9/h4,9H,5-6H2,1-3H3/b8-4+/t9-/m0/s1. The van der Waals surface area contributed by atoms with Crippen molar-refractivity contribution in [3.8, 4) is 0 Å². The molecule has 3 nitrogen and oxygen atoms in total. The summed E-state index contributed by atoms with van der Waals surface area (Å²) in [5.74, 6) is -0.258. The van der Waals surface area contributed by atoms with E-state index in [1.165, 1.54) is 7.11 Å². The van der Waals surface area contributed by atoms with E-state index >= 15 is 0 Å². The predicted molar refractivity (Wildman–Crippen MR) is 51.9 cm³/mol. The van der Waals surface area contributed by atoms with E-state index in [4.69, 9.17) is 0 Å². The first kappa shape index (κ1) is 9.96. The summed E-state index contributed by atoms with van der Waals surface area (Å²) < 4.78 is 4.67. The molecule has 0 amide bonds. The number of hydrogen-bond donors (Lipinski definition) is 0. The third kappa shape index (κ3) is 2.17. The second-order valence-corrected chi connectivity index (χ2v) is 3.15. The van der Waals surface area contributed by atoms with Crippen LogP contribution in [0.15, 0.2) is 16.6 Å². The van der Waals surface area contributed by atoms with Crippen LogP contribution in [0.3, 0.4) is 0 Å². The Balaban J connectivity index is 2.75. The molecule has 1 heterocycles. The second-order valence-electron chi connectivity index (χ2n) is 3.15. The van der Waals surface area contributed by atoms with Crippen molar-refractivity contribution in [2.75, 3.05) is 7.11 Å². The molecule has 72 valence electrons. The summed E-state index contributed by atoms with van der Waals surface area (Å²) in [5, 5.41) is 0. The number of rotatable bonds is 2. The Morgan fingerprint density at radius 3 is 2.77 bits per heavy atom. The molecule has 0 radical (unpaired) electrons. The van der Waals surface area contributed by atoms with Gasteiger partial charge < -0.3 is 4.74 Å². The largest absolute Gasteiger partial charge is 0.466 e. The minimum absolute atomic E-state index is 0.0254. The lowest BCUT2D eigenvalue weighted by atomic mass is 10.1. The summed E-state index contributed by atoms with van der Waals surface area (Å²) in [4.78, 5) is 15.7. The molecule has 0 aromatic rings. The summed E-state index contributed by atoms with van der Waals surface area (Å²) in [5.41, 5.74) is 1.80. The first-order valence-corrected chi connectivity index (χ1v) is 4.46. The van der Waals surface area contributed by atoms with Crippen LogP contribution in [0.2, 0.25) is 0 Å². The summed E-state index contributed by atoms with van der Waals surface area (Å²) in [7, 11) is 1.40. The molecule has 0 aliphatic carbocycles. The van der Waals surface area contributed by atoms with E-state index in [0.29, 0.717) is 5.57 Å². The third-order valence-electron chi connectivity index (χ3n) is 2.25. The predicted octanol–water partition coefficient (Wildman–Crippen LogP) is 1.73. The number of hydrogen-bond acceptors (Lipinski definition) is 3. The lowest BCUT2D eigenvalue weighted by molar-refractivity contribution is -0.136. The van der Waals surface area contributed by atoms with Gasteiger partial charge in [-0.2, -0.15) is 0 Å². The Kier molecular flexibility index (Phi) is 3.23. The van der Waals surface area contributed by atoms with Gasteiger partial charge in [0, 0.05) is 5.71 Å². The van der Waals surface area contributed by atoms with Gasteiger partial charge in [0.25, 0.3) is 0 Å². The number of nitrogens with zero attached hydrogens (tertiary/aromatic N) is 1. The van der Waals surface area contributed by atoms with Crippen LogP contribution < -0.4 is 0 Å². The van der Waals surface area contributed by atoms with Crippen molar-refractivity contribution in [2.45, 2.75) is 32.7 Å². The Bertz CT molecular complexity index is 266. The molecule has 0 fully saturated rings. The Hall–Kier alpha value is -1.12. The molecule has 1 aliphatic rings. The molecule has 3 heteroatoms. The number of ether oxygens (including phenoxy) is 1. The summed E-state index contributed by atoms with van der Waals surface area (Å²) in [6, 6.07) is 0.0254. The average Bonchev–Trinajstić information content (AvgIpc) is 2.53. The Morgan fingerprint density at radius 1 is 1.69 bits per heavy atom. The van der Waals surface area contributed by atoms with Gasteiger partial charge in [-0.1, -0.05) is 6.08 Å². The van der Waals surface area contributed by atoms with Crippen LogP contribution in [-0.4, -0.2) is 24.8 Å². The smallest absolute Gasteiger partial charge is 0.335 e. The summed E-state index contributed by atoms with van der Waals surface area (Å²) in [6.07, 6.45) is 3.71. The topological polar surface area (TPSA) is 38.7 Å². The fraction of sp³-hybridized carbons (Fsp3) is 0.600. The Labute approximate surface area is 78.5 Å². The van der Waals surface area contributed by atoms with Crippen molar-refractivity contribution >= 4 is 11.7 Å². The van der Waals surface area contributed by atoms with Crippen molar-refractivity contribution in [3.05, 3.63) is 11.6 Å². The molecule has 0 bridgehead atoms. The highest BCUT2D eigenvalue weighted by Crippen LogP contribution is 2.21. The SMILES string of the molecule is C/C=C(/C(=O)OC)[C@@H]1CCC(C)=N1. The van der Waals surface area contributed by atoms with Gasteiger partial charge in [-0.25, -0.2) is 4.79 Å². The van der Waals surface area contributed by atoms with Crippen LogP contribution in [0.25, 0.3) is 0 Å². The van der Waals surface area contributed by atoms with Gasteiger partial charge in [0.05, 0.1) is 18.7 Å². The van der Waals surface area contributed by atoms with Gasteiger partial charge in [-0.3, -0.25) is 4.99 Å². The molecular weight excluding hydrogens is 166 g/mol. The van der Waals surface area contributed by atoms with Gasteiger partial charge in [-0.05, 0) is 26.7 Å². The normalized spacial score (nSPS) is 22.8. The molecule has 0 aromatic carbocycles. The van der Waals surface area contributed by atoms with E-state index in [2.05, 4.69) is 9.73 Å². The molecule has 1 atom stereocenters. The molecule has 0 unspecified atom stereocenters. The number of methoxy groups -OCH3 is 1. The van der Waals surface area contributed by atoms with Gasteiger partial charge in [-0.15, -0.1) is 0 Å². The maximum atomic E-state index is 11.3. The van der Waals surface area contributed by atoms with E-state index in [1.54, 1.807) is 6.08 Å². The molecular formula is C10H15NO2. The highest BCUT2D eigenvalue weighted by Gasteiger charge is 2.23. The van der Waals surface area contributed by atoms with Crippen LogP contribution in [-0.2, 0) is 9.53 Å². The maximum absolute atomic E-state index is 11.3. The molecule has 13 heavy (non-hydrogen) atoms. The van der Waals surface area contributed by atoms with E-state index in [1.807, 2.05) is 13.8 Å². The van der Waals surface area contributed by atoms with Crippen LogP contribution in [0.1, 0.15) is 26.7 Å². The van der Waals surface area contributed by atoms with Crippen molar-refractivity contribution in [1.82, 2.24) is 0 Å². The molecule has 0 aromatic heterocycles. The van der Waals surface area contributed by atoms with Crippen molar-refractivity contribution in [2.24, 2.45) is 4.99 Å². The molecule has 0 saturated heterocycles. The van der Waals surface area contributed by atoms with Crippen LogP contribution in [0.5, 0.6) is 0 Å². The number of aliphatic imine (C=N–C) groups is 1. The molecule has 1 aliphatic heterocycles. The van der Waals surface area contributed by atoms with Gasteiger partial charge in [0.1, 0.15) is 0 Å². The van der Waals surface area contributed by atoms with Crippen molar-refractivity contribution in [3.63, 3.8) is 0 Å². The first-order chi connectivity index (χ1) is 6.19. The summed E-state index contributed by atoms with van der Waals surface area (Å²) >= 11 is 0. The van der Waals surface area contributed by atoms with Crippen LogP contribution in [0.4, 0.5) is 0 Å². The monoisotopic (exact) mass is 181 g/mol.